The number of carbonyl (C=O) groups is 1. The average Bonchev–Trinajstić information content (AvgIpc) is 3.24. The monoisotopic (exact) mass is 319 g/mol. The molecule has 2 atom stereocenters. The molecule has 0 unspecified atom stereocenters. The van der Waals surface area contributed by atoms with E-state index < -0.39 is 0 Å². The zero-order valence-electron chi connectivity index (χ0n) is 13.7. The van der Waals surface area contributed by atoms with Gasteiger partial charge in [0.2, 0.25) is 5.88 Å². The second kappa shape index (κ2) is 7.62. The van der Waals surface area contributed by atoms with Gasteiger partial charge in [0.1, 0.15) is 5.82 Å². The van der Waals surface area contributed by atoms with Crippen molar-refractivity contribution in [3.8, 4) is 5.88 Å². The minimum Gasteiger partial charge on any atom is -0.476 e. The van der Waals surface area contributed by atoms with E-state index in [0.29, 0.717) is 17.6 Å². The Hall–Kier alpha value is -1.85. The van der Waals surface area contributed by atoms with Gasteiger partial charge in [-0.05, 0) is 38.0 Å². The van der Waals surface area contributed by atoms with Crippen LogP contribution < -0.4 is 10.1 Å². The van der Waals surface area contributed by atoms with Crippen LogP contribution >= 0.6 is 0 Å². The standard InChI is InChI=1S/C17H25N3O3/c1-22-17(21)13-6-7-14(8-13)19-15-9-18-10-16(20-15)23-11-12-4-2-3-5-12/h9-10,12-14H,2-8,11H2,1H3,(H,19,20)/t13-,14+/m0/s1. The molecule has 2 fully saturated rings. The van der Waals surface area contributed by atoms with Gasteiger partial charge < -0.3 is 14.8 Å². The van der Waals surface area contributed by atoms with Gasteiger partial charge in [-0.1, -0.05) is 12.8 Å². The minimum absolute atomic E-state index is 0.00717. The molecule has 1 aromatic rings. The van der Waals surface area contributed by atoms with Crippen LogP contribution in [-0.2, 0) is 9.53 Å². The summed E-state index contributed by atoms with van der Waals surface area (Å²) in [4.78, 5) is 20.3. The number of ether oxygens (including phenoxy) is 2. The fourth-order valence-corrected chi connectivity index (χ4v) is 3.57. The van der Waals surface area contributed by atoms with Crippen LogP contribution in [-0.4, -0.2) is 35.7 Å². The molecule has 0 aliphatic heterocycles. The molecule has 23 heavy (non-hydrogen) atoms. The fraction of sp³-hybridized carbons (Fsp3) is 0.706. The van der Waals surface area contributed by atoms with Crippen LogP contribution in [0.25, 0.3) is 0 Å². The lowest BCUT2D eigenvalue weighted by molar-refractivity contribution is -0.145. The van der Waals surface area contributed by atoms with Gasteiger partial charge in [0.25, 0.3) is 0 Å². The summed E-state index contributed by atoms with van der Waals surface area (Å²) in [6.07, 6.45) is 11.1. The summed E-state index contributed by atoms with van der Waals surface area (Å²) < 4.78 is 10.6. The number of anilines is 1. The van der Waals surface area contributed by atoms with Crippen LogP contribution in [0.1, 0.15) is 44.9 Å². The van der Waals surface area contributed by atoms with Crippen molar-refractivity contribution in [3.05, 3.63) is 12.4 Å². The SMILES string of the molecule is COC(=O)[C@H]1CC[C@@H](Nc2cncc(OCC3CCCC3)n2)C1. The highest BCUT2D eigenvalue weighted by atomic mass is 16.5. The van der Waals surface area contributed by atoms with Crippen molar-refractivity contribution in [1.29, 1.82) is 0 Å². The zero-order chi connectivity index (χ0) is 16.1. The number of hydrogen-bond donors (Lipinski definition) is 1. The van der Waals surface area contributed by atoms with Crippen LogP contribution in [0, 0.1) is 11.8 Å². The zero-order valence-corrected chi connectivity index (χ0v) is 13.7. The number of aromatic nitrogens is 2. The third-order valence-electron chi connectivity index (χ3n) is 4.87. The first-order valence-corrected chi connectivity index (χ1v) is 8.54. The highest BCUT2D eigenvalue weighted by Crippen LogP contribution is 2.29. The minimum atomic E-state index is -0.117. The molecule has 1 aromatic heterocycles. The molecule has 2 aliphatic carbocycles. The molecule has 6 nitrogen and oxygen atoms in total. The Morgan fingerprint density at radius 3 is 2.87 bits per heavy atom. The summed E-state index contributed by atoms with van der Waals surface area (Å²) in [5.41, 5.74) is 0. The number of methoxy groups -OCH3 is 1. The normalized spacial score (nSPS) is 24.6. The Bertz CT molecular complexity index is 532. The third kappa shape index (κ3) is 4.33. The molecule has 6 heteroatoms. The topological polar surface area (TPSA) is 73.3 Å². The van der Waals surface area contributed by atoms with Crippen molar-refractivity contribution in [2.24, 2.45) is 11.8 Å². The molecule has 126 valence electrons. The van der Waals surface area contributed by atoms with Gasteiger partial charge in [0.05, 0.1) is 32.0 Å². The maximum Gasteiger partial charge on any atom is 0.308 e. The number of esters is 1. The third-order valence-corrected chi connectivity index (χ3v) is 4.87. The van der Waals surface area contributed by atoms with Crippen molar-refractivity contribution >= 4 is 11.8 Å². The maximum absolute atomic E-state index is 11.6. The van der Waals surface area contributed by atoms with Gasteiger partial charge in [-0.3, -0.25) is 9.78 Å². The van der Waals surface area contributed by atoms with E-state index in [9.17, 15) is 4.79 Å². The van der Waals surface area contributed by atoms with Gasteiger partial charge in [-0.15, -0.1) is 0 Å². The predicted octanol–water partition coefficient (Wildman–Crippen LogP) is 2.80. The quantitative estimate of drug-likeness (QED) is 0.813. The van der Waals surface area contributed by atoms with Gasteiger partial charge in [0.15, 0.2) is 0 Å². The average molecular weight is 319 g/mol. The first-order valence-electron chi connectivity index (χ1n) is 8.54. The molecular weight excluding hydrogens is 294 g/mol. The molecule has 1 N–H and O–H groups in total. The van der Waals surface area contributed by atoms with Gasteiger partial charge in [0, 0.05) is 6.04 Å². The van der Waals surface area contributed by atoms with Crippen LogP contribution in [0.4, 0.5) is 5.82 Å². The Labute approximate surface area is 137 Å². The molecule has 1 heterocycles. The molecule has 0 spiro atoms. The van der Waals surface area contributed by atoms with E-state index in [4.69, 9.17) is 9.47 Å². The molecule has 0 bridgehead atoms. The fourth-order valence-electron chi connectivity index (χ4n) is 3.57. The summed E-state index contributed by atoms with van der Waals surface area (Å²) in [6, 6.07) is 0.235. The number of carbonyl (C=O) groups excluding carboxylic acids is 1. The van der Waals surface area contributed by atoms with E-state index in [1.807, 2.05) is 0 Å². The predicted molar refractivity (Wildman–Crippen MR) is 86.3 cm³/mol. The van der Waals surface area contributed by atoms with E-state index in [-0.39, 0.29) is 17.9 Å². The molecule has 2 aliphatic rings. The highest BCUT2D eigenvalue weighted by Gasteiger charge is 2.30. The van der Waals surface area contributed by atoms with Crippen LogP contribution in [0.2, 0.25) is 0 Å². The molecule has 2 saturated carbocycles. The van der Waals surface area contributed by atoms with Crippen molar-refractivity contribution < 1.29 is 14.3 Å². The second-order valence-electron chi connectivity index (χ2n) is 6.58. The highest BCUT2D eigenvalue weighted by molar-refractivity contribution is 5.72. The summed E-state index contributed by atoms with van der Waals surface area (Å²) in [5, 5.41) is 3.36. The lowest BCUT2D eigenvalue weighted by Gasteiger charge is -2.15. The van der Waals surface area contributed by atoms with E-state index in [2.05, 4.69) is 15.3 Å². The number of nitrogens with zero attached hydrogens (tertiary/aromatic N) is 2. The Morgan fingerprint density at radius 2 is 2.09 bits per heavy atom. The Morgan fingerprint density at radius 1 is 1.26 bits per heavy atom. The van der Waals surface area contributed by atoms with E-state index in [0.717, 1.165) is 25.9 Å². The van der Waals surface area contributed by atoms with Gasteiger partial charge in [-0.2, -0.15) is 4.98 Å². The first kappa shape index (κ1) is 16.0. The first-order chi connectivity index (χ1) is 11.2. The van der Waals surface area contributed by atoms with Crippen molar-refractivity contribution in [3.63, 3.8) is 0 Å². The van der Waals surface area contributed by atoms with Crippen molar-refractivity contribution in [1.82, 2.24) is 9.97 Å². The lowest BCUT2D eigenvalue weighted by Crippen LogP contribution is -2.19. The van der Waals surface area contributed by atoms with Gasteiger partial charge in [-0.25, -0.2) is 0 Å². The lowest BCUT2D eigenvalue weighted by atomic mass is 10.1. The maximum atomic E-state index is 11.6. The van der Waals surface area contributed by atoms with Crippen LogP contribution in [0.3, 0.4) is 0 Å². The second-order valence-corrected chi connectivity index (χ2v) is 6.58. The molecule has 3 rings (SSSR count). The summed E-state index contributed by atoms with van der Waals surface area (Å²) in [6.45, 7) is 0.728. The number of rotatable bonds is 6. The van der Waals surface area contributed by atoms with Gasteiger partial charge >= 0.3 is 5.97 Å². The van der Waals surface area contributed by atoms with Crippen molar-refractivity contribution in [2.75, 3.05) is 19.0 Å². The Balaban J connectivity index is 1.50. The molecular formula is C17H25N3O3. The Kier molecular flexibility index (Phi) is 5.31. The summed E-state index contributed by atoms with van der Waals surface area (Å²) in [5.74, 6) is 1.82. The van der Waals surface area contributed by atoms with E-state index in [1.54, 1.807) is 12.4 Å². The number of nitrogens with one attached hydrogen (secondary N) is 1. The molecule has 0 saturated heterocycles. The summed E-state index contributed by atoms with van der Waals surface area (Å²) >= 11 is 0. The largest absolute Gasteiger partial charge is 0.476 e. The van der Waals surface area contributed by atoms with Crippen molar-refractivity contribution in [2.45, 2.75) is 51.0 Å². The molecule has 0 radical (unpaired) electrons. The molecule has 0 amide bonds. The van der Waals surface area contributed by atoms with Crippen LogP contribution in [0.15, 0.2) is 12.4 Å². The van der Waals surface area contributed by atoms with Crippen LogP contribution in [0.5, 0.6) is 5.88 Å². The number of hydrogen-bond acceptors (Lipinski definition) is 6. The van der Waals surface area contributed by atoms with E-state index in [1.165, 1.54) is 32.8 Å². The molecule has 0 aromatic carbocycles. The smallest absolute Gasteiger partial charge is 0.308 e. The summed E-state index contributed by atoms with van der Waals surface area (Å²) in [7, 11) is 1.44. The van der Waals surface area contributed by atoms with E-state index >= 15 is 0 Å².